The van der Waals surface area contributed by atoms with Crippen molar-refractivity contribution in [3.8, 4) is 11.3 Å². The highest BCUT2D eigenvalue weighted by atomic mass is 16.1. The van der Waals surface area contributed by atoms with Crippen LogP contribution in [0.4, 0.5) is 0 Å². The lowest BCUT2D eigenvalue weighted by atomic mass is 9.95. The van der Waals surface area contributed by atoms with Gasteiger partial charge in [0.1, 0.15) is 12.2 Å². The molecule has 0 saturated carbocycles. The van der Waals surface area contributed by atoms with Crippen LogP contribution in [0.3, 0.4) is 0 Å². The number of rotatable bonds is 1. The van der Waals surface area contributed by atoms with E-state index in [4.69, 9.17) is 0 Å². The van der Waals surface area contributed by atoms with Crippen molar-refractivity contribution in [2.75, 3.05) is 0 Å². The van der Waals surface area contributed by atoms with E-state index in [1.54, 1.807) is 19.3 Å². The summed E-state index contributed by atoms with van der Waals surface area (Å²) in [7, 11) is 0. The number of hydrogen-bond acceptors (Lipinski definition) is 4. The van der Waals surface area contributed by atoms with Crippen LogP contribution in [0.15, 0.2) is 23.5 Å². The van der Waals surface area contributed by atoms with Crippen molar-refractivity contribution in [3.63, 3.8) is 0 Å². The van der Waals surface area contributed by atoms with Crippen molar-refractivity contribution < 1.29 is 0 Å². The van der Waals surface area contributed by atoms with E-state index in [-0.39, 0.29) is 11.0 Å². The second-order valence-electron chi connectivity index (χ2n) is 5.27. The Morgan fingerprint density at radius 2 is 1.78 bits per heavy atom. The molecular formula is C13H16N4O. The summed E-state index contributed by atoms with van der Waals surface area (Å²) in [6.07, 6.45) is 4.78. The molecule has 18 heavy (non-hydrogen) atoms. The van der Waals surface area contributed by atoms with Crippen molar-refractivity contribution in [1.29, 1.82) is 0 Å². The van der Waals surface area contributed by atoms with Crippen LogP contribution < -0.4 is 5.56 Å². The standard InChI is InChI=1S/C13H16N4O/c1-8-10(9-5-14-7-15-6-9)16-12(13(2,3)4)17-11(8)18/h5-7H,1-4H3,(H,16,17,18). The number of hydrogen-bond donors (Lipinski definition) is 1. The van der Waals surface area contributed by atoms with Gasteiger partial charge in [-0.25, -0.2) is 15.0 Å². The van der Waals surface area contributed by atoms with Gasteiger partial charge in [-0.3, -0.25) is 4.79 Å². The van der Waals surface area contributed by atoms with Gasteiger partial charge in [-0.15, -0.1) is 0 Å². The van der Waals surface area contributed by atoms with Crippen LogP contribution in [0.5, 0.6) is 0 Å². The molecular weight excluding hydrogens is 228 g/mol. The van der Waals surface area contributed by atoms with Crippen molar-refractivity contribution in [3.05, 3.63) is 40.5 Å². The van der Waals surface area contributed by atoms with Gasteiger partial charge in [0.05, 0.1) is 5.69 Å². The van der Waals surface area contributed by atoms with Gasteiger partial charge in [-0.2, -0.15) is 0 Å². The van der Waals surface area contributed by atoms with Crippen LogP contribution in [0.25, 0.3) is 11.3 Å². The zero-order valence-electron chi connectivity index (χ0n) is 11.0. The minimum absolute atomic E-state index is 0.117. The monoisotopic (exact) mass is 244 g/mol. The average Bonchev–Trinajstić information content (AvgIpc) is 2.32. The predicted molar refractivity (Wildman–Crippen MR) is 69.3 cm³/mol. The summed E-state index contributed by atoms with van der Waals surface area (Å²) in [5, 5.41) is 0. The van der Waals surface area contributed by atoms with E-state index in [1.807, 2.05) is 20.8 Å². The Morgan fingerprint density at radius 1 is 1.17 bits per heavy atom. The van der Waals surface area contributed by atoms with Crippen LogP contribution in [0.2, 0.25) is 0 Å². The highest BCUT2D eigenvalue weighted by Crippen LogP contribution is 2.22. The molecule has 2 rings (SSSR count). The Kier molecular flexibility index (Phi) is 2.98. The molecule has 0 unspecified atom stereocenters. The molecule has 0 saturated heterocycles. The van der Waals surface area contributed by atoms with Gasteiger partial charge in [0.2, 0.25) is 0 Å². The maximum absolute atomic E-state index is 11.9. The average molecular weight is 244 g/mol. The van der Waals surface area contributed by atoms with E-state index in [0.29, 0.717) is 17.1 Å². The fraction of sp³-hybridized carbons (Fsp3) is 0.385. The van der Waals surface area contributed by atoms with E-state index in [1.165, 1.54) is 6.33 Å². The zero-order chi connectivity index (χ0) is 13.3. The number of H-pyrrole nitrogens is 1. The molecule has 0 amide bonds. The number of nitrogens with one attached hydrogen (secondary N) is 1. The van der Waals surface area contributed by atoms with Crippen LogP contribution in [-0.2, 0) is 5.41 Å². The molecule has 1 N–H and O–H groups in total. The van der Waals surface area contributed by atoms with E-state index in [2.05, 4.69) is 19.9 Å². The Balaban J connectivity index is 2.68. The summed E-state index contributed by atoms with van der Waals surface area (Å²) in [4.78, 5) is 27.2. The van der Waals surface area contributed by atoms with Crippen molar-refractivity contribution in [1.82, 2.24) is 19.9 Å². The molecule has 5 heteroatoms. The Labute approximate surface area is 105 Å². The molecule has 0 radical (unpaired) electrons. The first-order valence-electron chi connectivity index (χ1n) is 5.76. The highest BCUT2D eigenvalue weighted by molar-refractivity contribution is 5.60. The lowest BCUT2D eigenvalue weighted by Crippen LogP contribution is -2.24. The fourth-order valence-corrected chi connectivity index (χ4v) is 1.59. The van der Waals surface area contributed by atoms with Crippen molar-refractivity contribution in [2.24, 2.45) is 0 Å². The normalized spacial score (nSPS) is 11.6. The van der Waals surface area contributed by atoms with E-state index in [0.717, 1.165) is 5.56 Å². The van der Waals surface area contributed by atoms with Crippen molar-refractivity contribution >= 4 is 0 Å². The van der Waals surface area contributed by atoms with Gasteiger partial charge >= 0.3 is 0 Å². The zero-order valence-corrected chi connectivity index (χ0v) is 11.0. The topological polar surface area (TPSA) is 71.5 Å². The van der Waals surface area contributed by atoms with E-state index < -0.39 is 0 Å². The van der Waals surface area contributed by atoms with Crippen LogP contribution >= 0.6 is 0 Å². The smallest absolute Gasteiger partial charge is 0.254 e. The first-order chi connectivity index (χ1) is 8.39. The Morgan fingerprint density at radius 3 is 2.33 bits per heavy atom. The molecule has 0 aliphatic heterocycles. The summed E-state index contributed by atoms with van der Waals surface area (Å²) in [5.74, 6) is 0.664. The van der Waals surface area contributed by atoms with E-state index in [9.17, 15) is 4.79 Å². The van der Waals surface area contributed by atoms with Crippen LogP contribution in [-0.4, -0.2) is 19.9 Å². The first-order valence-corrected chi connectivity index (χ1v) is 5.76. The van der Waals surface area contributed by atoms with Gasteiger partial charge in [0.25, 0.3) is 5.56 Å². The minimum atomic E-state index is -0.211. The molecule has 0 spiro atoms. The SMILES string of the molecule is Cc1c(-c2cncnc2)nc(C(C)(C)C)[nH]c1=O. The molecule has 2 aromatic rings. The lowest BCUT2D eigenvalue weighted by molar-refractivity contribution is 0.542. The maximum Gasteiger partial charge on any atom is 0.254 e. The summed E-state index contributed by atoms with van der Waals surface area (Å²) < 4.78 is 0. The third kappa shape index (κ3) is 2.30. The summed E-state index contributed by atoms with van der Waals surface area (Å²) in [6, 6.07) is 0. The van der Waals surface area contributed by atoms with Crippen LogP contribution in [0, 0.1) is 6.92 Å². The molecule has 0 aromatic carbocycles. The quantitative estimate of drug-likeness (QED) is 0.830. The molecule has 0 fully saturated rings. The lowest BCUT2D eigenvalue weighted by Gasteiger charge is -2.18. The molecule has 94 valence electrons. The largest absolute Gasteiger partial charge is 0.310 e. The van der Waals surface area contributed by atoms with Gasteiger partial charge in [-0.1, -0.05) is 20.8 Å². The van der Waals surface area contributed by atoms with Gasteiger partial charge < -0.3 is 4.98 Å². The third-order valence-electron chi connectivity index (χ3n) is 2.70. The first kappa shape index (κ1) is 12.4. The Hall–Kier alpha value is -2.04. The van der Waals surface area contributed by atoms with Crippen LogP contribution in [0.1, 0.15) is 32.2 Å². The molecule has 5 nitrogen and oxygen atoms in total. The molecule has 0 atom stereocenters. The van der Waals surface area contributed by atoms with Gasteiger partial charge in [0.15, 0.2) is 0 Å². The number of nitrogens with zero attached hydrogens (tertiary/aromatic N) is 3. The number of aromatic amines is 1. The third-order valence-corrected chi connectivity index (χ3v) is 2.70. The van der Waals surface area contributed by atoms with Crippen molar-refractivity contribution in [2.45, 2.75) is 33.1 Å². The molecule has 2 aromatic heterocycles. The molecule has 0 aliphatic rings. The molecule has 0 aliphatic carbocycles. The summed E-state index contributed by atoms with van der Waals surface area (Å²) in [5.41, 5.74) is 1.65. The summed E-state index contributed by atoms with van der Waals surface area (Å²) >= 11 is 0. The molecule has 2 heterocycles. The molecule has 0 bridgehead atoms. The minimum Gasteiger partial charge on any atom is -0.310 e. The highest BCUT2D eigenvalue weighted by Gasteiger charge is 2.19. The predicted octanol–water partition coefficient (Wildman–Crippen LogP) is 1.83. The number of aromatic nitrogens is 4. The maximum atomic E-state index is 11.9. The second kappa shape index (κ2) is 4.33. The Bertz CT molecular complexity index is 611. The fourth-order valence-electron chi connectivity index (χ4n) is 1.59. The van der Waals surface area contributed by atoms with Gasteiger partial charge in [-0.05, 0) is 6.92 Å². The summed E-state index contributed by atoms with van der Waals surface area (Å²) in [6.45, 7) is 7.77. The second-order valence-corrected chi connectivity index (χ2v) is 5.27. The van der Waals surface area contributed by atoms with Gasteiger partial charge in [0, 0.05) is 28.9 Å². The van der Waals surface area contributed by atoms with E-state index >= 15 is 0 Å².